The molecule has 0 radical (unpaired) electrons. The molecule has 0 unspecified atom stereocenters. The molecule has 0 spiro atoms. The summed E-state index contributed by atoms with van der Waals surface area (Å²) in [5.74, 6) is -2.02. The minimum atomic E-state index is -4.90. The second-order valence-corrected chi connectivity index (χ2v) is 5.14. The van der Waals surface area contributed by atoms with Crippen molar-refractivity contribution in [1.29, 1.82) is 0 Å². The highest BCUT2D eigenvalue weighted by Gasteiger charge is 2.37. The van der Waals surface area contributed by atoms with E-state index in [1.54, 1.807) is 20.8 Å². The van der Waals surface area contributed by atoms with E-state index in [0.29, 0.717) is 0 Å². The standard InChI is InChI=1S/C12H14F3N3O3/c1-11(2,3)21-10(20)18-9-16-5-7(6-17-9)4-8(19)12(13,14)15/h5-6H,4H2,1-3H3,(H,16,17,18,20). The predicted molar refractivity (Wildman–Crippen MR) is 66.7 cm³/mol. The second kappa shape index (κ2) is 6.06. The van der Waals surface area contributed by atoms with Crippen molar-refractivity contribution in [2.75, 3.05) is 5.32 Å². The van der Waals surface area contributed by atoms with Crippen molar-refractivity contribution in [2.24, 2.45) is 0 Å². The number of aromatic nitrogens is 2. The number of halogens is 3. The molecule has 1 aromatic rings. The molecule has 0 fully saturated rings. The Labute approximate surface area is 118 Å². The topological polar surface area (TPSA) is 81.2 Å². The van der Waals surface area contributed by atoms with Gasteiger partial charge in [-0.3, -0.25) is 10.1 Å². The first-order valence-corrected chi connectivity index (χ1v) is 5.88. The summed E-state index contributed by atoms with van der Waals surface area (Å²) in [6.45, 7) is 5.00. The Morgan fingerprint density at radius 2 is 1.71 bits per heavy atom. The molecule has 1 heterocycles. The van der Waals surface area contributed by atoms with E-state index in [1.165, 1.54) is 0 Å². The summed E-state index contributed by atoms with van der Waals surface area (Å²) in [6.07, 6.45) is -4.47. The van der Waals surface area contributed by atoms with Crippen LogP contribution in [0.3, 0.4) is 0 Å². The largest absolute Gasteiger partial charge is 0.450 e. The zero-order valence-electron chi connectivity index (χ0n) is 11.6. The predicted octanol–water partition coefficient (Wildman–Crippen LogP) is 2.50. The normalized spacial score (nSPS) is 11.9. The molecule has 0 saturated heterocycles. The maximum Gasteiger partial charge on any atom is 0.450 e. The molecule has 9 heteroatoms. The summed E-state index contributed by atoms with van der Waals surface area (Å²) in [6, 6.07) is 0. The summed E-state index contributed by atoms with van der Waals surface area (Å²) < 4.78 is 41.2. The number of carbonyl (C=O) groups is 2. The van der Waals surface area contributed by atoms with E-state index in [1.807, 2.05) is 0 Å². The van der Waals surface area contributed by atoms with Gasteiger partial charge in [-0.2, -0.15) is 13.2 Å². The van der Waals surface area contributed by atoms with Gasteiger partial charge in [-0.15, -0.1) is 0 Å². The van der Waals surface area contributed by atoms with Crippen LogP contribution in [0.1, 0.15) is 26.3 Å². The van der Waals surface area contributed by atoms with Crippen LogP contribution in [-0.2, 0) is 16.0 Å². The monoisotopic (exact) mass is 305 g/mol. The van der Waals surface area contributed by atoms with Gasteiger partial charge in [0.05, 0.1) is 0 Å². The Bertz CT molecular complexity index is 521. The first kappa shape index (κ1) is 16.9. The van der Waals surface area contributed by atoms with Crippen LogP contribution in [-0.4, -0.2) is 33.6 Å². The number of amides is 1. The van der Waals surface area contributed by atoms with E-state index >= 15 is 0 Å². The van der Waals surface area contributed by atoms with Crippen LogP contribution in [0.5, 0.6) is 0 Å². The summed E-state index contributed by atoms with van der Waals surface area (Å²) in [4.78, 5) is 29.5. The third-order valence-corrected chi connectivity index (χ3v) is 2.00. The quantitative estimate of drug-likeness (QED) is 0.928. The van der Waals surface area contributed by atoms with E-state index in [2.05, 4.69) is 15.3 Å². The Hall–Kier alpha value is -2.19. The maximum atomic E-state index is 12.1. The lowest BCUT2D eigenvalue weighted by molar-refractivity contribution is -0.170. The molecule has 0 aliphatic carbocycles. The smallest absolute Gasteiger partial charge is 0.444 e. The molecule has 1 N–H and O–H groups in total. The SMILES string of the molecule is CC(C)(C)OC(=O)Nc1ncc(CC(=O)C(F)(F)F)cn1. The lowest BCUT2D eigenvalue weighted by atomic mass is 10.2. The molecule has 0 atom stereocenters. The zero-order chi connectivity index (χ0) is 16.3. The van der Waals surface area contributed by atoms with E-state index in [4.69, 9.17) is 4.74 Å². The molecule has 1 rings (SSSR count). The van der Waals surface area contributed by atoms with Crippen molar-refractivity contribution in [3.05, 3.63) is 18.0 Å². The molecule has 21 heavy (non-hydrogen) atoms. The van der Waals surface area contributed by atoms with E-state index in [0.717, 1.165) is 12.4 Å². The fraction of sp³-hybridized carbons (Fsp3) is 0.500. The zero-order valence-corrected chi connectivity index (χ0v) is 11.6. The molecule has 0 bridgehead atoms. The molecular weight excluding hydrogens is 291 g/mol. The number of nitrogens with zero attached hydrogens (tertiary/aromatic N) is 2. The Morgan fingerprint density at radius 3 is 2.14 bits per heavy atom. The van der Waals surface area contributed by atoms with Crippen molar-refractivity contribution < 1.29 is 27.5 Å². The lowest BCUT2D eigenvalue weighted by Crippen LogP contribution is -2.28. The fourth-order valence-electron chi connectivity index (χ4n) is 1.19. The average Bonchev–Trinajstić information content (AvgIpc) is 2.27. The van der Waals surface area contributed by atoms with Gasteiger partial charge < -0.3 is 4.74 Å². The van der Waals surface area contributed by atoms with Gasteiger partial charge in [0.15, 0.2) is 0 Å². The van der Waals surface area contributed by atoms with Gasteiger partial charge in [0.2, 0.25) is 11.7 Å². The van der Waals surface area contributed by atoms with Crippen molar-refractivity contribution in [3.63, 3.8) is 0 Å². The number of hydrogen-bond donors (Lipinski definition) is 1. The number of rotatable bonds is 3. The van der Waals surface area contributed by atoms with Crippen LogP contribution in [0.2, 0.25) is 0 Å². The number of Topliss-reactive ketones (excluding diaryl/α,β-unsaturated/α-hetero) is 1. The summed E-state index contributed by atoms with van der Waals surface area (Å²) >= 11 is 0. The number of hydrogen-bond acceptors (Lipinski definition) is 5. The van der Waals surface area contributed by atoms with E-state index in [9.17, 15) is 22.8 Å². The molecular formula is C12H14F3N3O3. The van der Waals surface area contributed by atoms with Crippen molar-refractivity contribution in [1.82, 2.24) is 9.97 Å². The molecule has 0 saturated carbocycles. The fourth-order valence-corrected chi connectivity index (χ4v) is 1.19. The van der Waals surface area contributed by atoms with Crippen LogP contribution in [0, 0.1) is 0 Å². The maximum absolute atomic E-state index is 12.1. The Morgan fingerprint density at radius 1 is 1.19 bits per heavy atom. The lowest BCUT2D eigenvalue weighted by Gasteiger charge is -2.19. The van der Waals surface area contributed by atoms with Gasteiger partial charge in [-0.1, -0.05) is 0 Å². The van der Waals surface area contributed by atoms with Gasteiger partial charge in [0.25, 0.3) is 0 Å². The van der Waals surface area contributed by atoms with Crippen LogP contribution in [0.4, 0.5) is 23.9 Å². The molecule has 6 nitrogen and oxygen atoms in total. The molecule has 0 aliphatic heterocycles. The van der Waals surface area contributed by atoms with Gasteiger partial charge in [-0.05, 0) is 26.3 Å². The van der Waals surface area contributed by atoms with Crippen molar-refractivity contribution in [2.45, 2.75) is 39.0 Å². The van der Waals surface area contributed by atoms with Crippen LogP contribution >= 0.6 is 0 Å². The highest BCUT2D eigenvalue weighted by molar-refractivity contribution is 5.86. The van der Waals surface area contributed by atoms with Crippen LogP contribution in [0.25, 0.3) is 0 Å². The van der Waals surface area contributed by atoms with Crippen LogP contribution < -0.4 is 5.32 Å². The number of alkyl halides is 3. The summed E-state index contributed by atoms with van der Waals surface area (Å²) in [7, 11) is 0. The minimum absolute atomic E-state index is 0.00735. The number of anilines is 1. The second-order valence-electron chi connectivity index (χ2n) is 5.14. The first-order valence-electron chi connectivity index (χ1n) is 5.88. The van der Waals surface area contributed by atoms with Gasteiger partial charge in [0.1, 0.15) is 5.60 Å². The molecule has 116 valence electrons. The number of nitrogens with one attached hydrogen (secondary N) is 1. The summed E-state index contributed by atoms with van der Waals surface area (Å²) in [5.41, 5.74) is -0.713. The van der Waals surface area contributed by atoms with Gasteiger partial charge in [-0.25, -0.2) is 14.8 Å². The Kier molecular flexibility index (Phi) is 4.87. The van der Waals surface area contributed by atoms with Crippen LogP contribution in [0.15, 0.2) is 12.4 Å². The molecule has 0 aliphatic rings. The van der Waals surface area contributed by atoms with Crippen molar-refractivity contribution >= 4 is 17.8 Å². The first-order chi connectivity index (χ1) is 9.47. The summed E-state index contributed by atoms with van der Waals surface area (Å²) in [5, 5.41) is 2.22. The third-order valence-electron chi connectivity index (χ3n) is 2.00. The third kappa shape index (κ3) is 6.19. The number of carbonyl (C=O) groups excluding carboxylic acids is 2. The van der Waals surface area contributed by atoms with E-state index < -0.39 is 30.1 Å². The van der Waals surface area contributed by atoms with Gasteiger partial charge in [0, 0.05) is 18.8 Å². The highest BCUT2D eigenvalue weighted by Crippen LogP contribution is 2.18. The van der Waals surface area contributed by atoms with Crippen molar-refractivity contribution in [3.8, 4) is 0 Å². The molecule has 1 aromatic heterocycles. The minimum Gasteiger partial charge on any atom is -0.444 e. The molecule has 0 aromatic carbocycles. The average molecular weight is 305 g/mol. The Balaban J connectivity index is 2.63. The number of ketones is 1. The number of ether oxygens (including phenoxy) is 1. The van der Waals surface area contributed by atoms with E-state index in [-0.39, 0.29) is 11.5 Å². The molecule has 1 amide bonds. The van der Waals surface area contributed by atoms with Gasteiger partial charge >= 0.3 is 12.3 Å². The highest BCUT2D eigenvalue weighted by atomic mass is 19.4.